The molecule has 1 aliphatic rings. The predicted molar refractivity (Wildman–Crippen MR) is 136 cm³/mol. The number of benzene rings is 2. The Balaban J connectivity index is 1.46. The average Bonchev–Trinajstić information content (AvgIpc) is 2.85. The Labute approximate surface area is 206 Å². The van der Waals surface area contributed by atoms with Crippen LogP contribution < -0.4 is 15.4 Å². The van der Waals surface area contributed by atoms with Crippen LogP contribution in [0, 0.1) is 5.92 Å². The number of nitrogens with zero attached hydrogens (tertiary/aromatic N) is 1. The van der Waals surface area contributed by atoms with E-state index >= 15 is 0 Å². The number of ether oxygens (including phenoxy) is 1. The Bertz CT molecular complexity index is 1060. The van der Waals surface area contributed by atoms with Crippen molar-refractivity contribution in [2.45, 2.75) is 50.6 Å². The fourth-order valence-electron chi connectivity index (χ4n) is 4.22. The van der Waals surface area contributed by atoms with Gasteiger partial charge in [-0.2, -0.15) is 0 Å². The molecule has 1 heterocycles. The molecule has 2 aromatic carbocycles. The van der Waals surface area contributed by atoms with Crippen molar-refractivity contribution in [1.82, 2.24) is 15.6 Å². The summed E-state index contributed by atoms with van der Waals surface area (Å²) in [4.78, 5) is 17.7. The molecule has 0 spiro atoms. The van der Waals surface area contributed by atoms with Crippen LogP contribution in [0.1, 0.15) is 36.8 Å². The molecular weight excluding hydrogens is 441 g/mol. The van der Waals surface area contributed by atoms with Crippen LogP contribution in [0.15, 0.2) is 79.0 Å². The largest absolute Gasteiger partial charge is 0.475 e. The van der Waals surface area contributed by atoms with Crippen LogP contribution in [0.2, 0.25) is 0 Å². The molecule has 8 heteroatoms. The predicted octanol–water partition coefficient (Wildman–Crippen LogP) is 3.26. The lowest BCUT2D eigenvalue weighted by molar-refractivity contribution is -0.123. The summed E-state index contributed by atoms with van der Waals surface area (Å²) < 4.78 is 5.96. The first-order chi connectivity index (χ1) is 17.1. The number of aromatic nitrogens is 1. The maximum absolute atomic E-state index is 13.3. The van der Waals surface area contributed by atoms with Gasteiger partial charge in [0.05, 0.1) is 12.0 Å². The molecule has 3 aromatic rings. The molecule has 4 N–H and O–H groups in total. The molecule has 1 fully saturated rings. The summed E-state index contributed by atoms with van der Waals surface area (Å²) in [6, 6.07) is 22.4. The Morgan fingerprint density at radius 3 is 2.40 bits per heavy atom. The van der Waals surface area contributed by atoms with Crippen molar-refractivity contribution in [3.05, 3.63) is 90.1 Å². The standard InChI is InChI=1S/C27H32BN3O4/c32-26(31-25(28(33)34)18-21-11-7-12-21)24(17-20-9-3-1-4-10-20)30-19-22-13-8-16-29-27(22)35-23-14-5-2-6-15-23/h1-6,8-10,13-16,21,24-25,30,33-34H,7,11-12,17-19H2,(H,31,32)/t24-,25-/m0/s1. The minimum atomic E-state index is -1.60. The van der Waals surface area contributed by atoms with Crippen LogP contribution in [0.5, 0.6) is 11.6 Å². The quantitative estimate of drug-likeness (QED) is 0.301. The maximum Gasteiger partial charge on any atom is 0.475 e. The molecule has 0 radical (unpaired) electrons. The Hall–Kier alpha value is -3.20. The first kappa shape index (κ1) is 24.9. The lowest BCUT2D eigenvalue weighted by atomic mass is 9.69. The van der Waals surface area contributed by atoms with Crippen molar-refractivity contribution in [1.29, 1.82) is 0 Å². The lowest BCUT2D eigenvalue weighted by Gasteiger charge is -2.30. The van der Waals surface area contributed by atoms with Gasteiger partial charge in [-0.05, 0) is 42.5 Å². The van der Waals surface area contributed by atoms with Gasteiger partial charge in [0.15, 0.2) is 0 Å². The molecule has 1 saturated carbocycles. The van der Waals surface area contributed by atoms with E-state index in [-0.39, 0.29) is 5.91 Å². The normalized spacial score (nSPS) is 15.0. The monoisotopic (exact) mass is 473 g/mol. The third-order valence-electron chi connectivity index (χ3n) is 6.45. The second-order valence-electron chi connectivity index (χ2n) is 9.07. The van der Waals surface area contributed by atoms with E-state index in [1.165, 1.54) is 0 Å². The Morgan fingerprint density at radius 1 is 1.03 bits per heavy atom. The highest BCUT2D eigenvalue weighted by atomic mass is 16.5. The van der Waals surface area contributed by atoms with E-state index in [1.54, 1.807) is 6.20 Å². The number of pyridine rings is 1. The molecule has 4 rings (SSSR count). The number of carbonyl (C=O) groups excluding carboxylic acids is 1. The maximum atomic E-state index is 13.3. The summed E-state index contributed by atoms with van der Waals surface area (Å²) in [5.74, 6) is 0.625. The average molecular weight is 473 g/mol. The first-order valence-corrected chi connectivity index (χ1v) is 12.2. The molecule has 2 atom stereocenters. The molecule has 1 aliphatic carbocycles. The minimum absolute atomic E-state index is 0.263. The zero-order valence-electron chi connectivity index (χ0n) is 19.7. The molecule has 0 aliphatic heterocycles. The van der Waals surface area contributed by atoms with Crippen molar-refractivity contribution in [2.75, 3.05) is 0 Å². The summed E-state index contributed by atoms with van der Waals surface area (Å²) in [5.41, 5.74) is 1.82. The van der Waals surface area contributed by atoms with E-state index in [9.17, 15) is 14.8 Å². The summed E-state index contributed by atoms with van der Waals surface area (Å²) >= 11 is 0. The smallest absolute Gasteiger partial charge is 0.439 e. The molecule has 0 saturated heterocycles. The SMILES string of the molecule is O=C(N[C@@H](CC1CCC1)B(O)O)[C@H](Cc1ccccc1)NCc1cccnc1Oc1ccccc1. The molecule has 182 valence electrons. The molecule has 1 aromatic heterocycles. The zero-order chi connectivity index (χ0) is 24.5. The van der Waals surface area contributed by atoms with E-state index in [2.05, 4.69) is 15.6 Å². The summed E-state index contributed by atoms with van der Waals surface area (Å²) in [6.07, 6.45) is 5.98. The number of rotatable bonds is 12. The van der Waals surface area contributed by atoms with Crippen molar-refractivity contribution in [3.63, 3.8) is 0 Å². The van der Waals surface area contributed by atoms with E-state index < -0.39 is 19.1 Å². The van der Waals surface area contributed by atoms with Crippen LogP contribution in [0.25, 0.3) is 0 Å². The van der Waals surface area contributed by atoms with Crippen LogP contribution in [0.4, 0.5) is 0 Å². The summed E-state index contributed by atoms with van der Waals surface area (Å²) in [7, 11) is -1.60. The topological polar surface area (TPSA) is 104 Å². The van der Waals surface area contributed by atoms with Crippen LogP contribution in [0.3, 0.4) is 0 Å². The summed E-state index contributed by atoms with van der Waals surface area (Å²) in [6.45, 7) is 0.357. The number of para-hydroxylation sites is 1. The molecule has 0 bridgehead atoms. The van der Waals surface area contributed by atoms with Crippen LogP contribution in [-0.2, 0) is 17.8 Å². The fraction of sp³-hybridized carbons (Fsp3) is 0.333. The number of nitrogens with one attached hydrogen (secondary N) is 2. The zero-order valence-corrected chi connectivity index (χ0v) is 19.7. The summed E-state index contributed by atoms with van der Waals surface area (Å²) in [5, 5.41) is 26.0. The number of hydrogen-bond donors (Lipinski definition) is 4. The van der Waals surface area contributed by atoms with E-state index in [4.69, 9.17) is 4.74 Å². The number of hydrogen-bond acceptors (Lipinski definition) is 6. The van der Waals surface area contributed by atoms with Gasteiger partial charge in [-0.3, -0.25) is 4.79 Å². The molecule has 1 amide bonds. The third kappa shape index (κ3) is 7.39. The Morgan fingerprint density at radius 2 is 1.74 bits per heavy atom. The first-order valence-electron chi connectivity index (χ1n) is 12.2. The molecule has 7 nitrogen and oxygen atoms in total. The molecular formula is C27H32BN3O4. The number of carbonyl (C=O) groups is 1. The highest BCUT2D eigenvalue weighted by Gasteiger charge is 2.32. The van der Waals surface area contributed by atoms with Crippen molar-refractivity contribution in [3.8, 4) is 11.6 Å². The van der Waals surface area contributed by atoms with Gasteiger partial charge >= 0.3 is 7.12 Å². The minimum Gasteiger partial charge on any atom is -0.439 e. The van der Waals surface area contributed by atoms with Crippen molar-refractivity contribution < 1.29 is 19.6 Å². The van der Waals surface area contributed by atoms with E-state index in [0.717, 1.165) is 30.4 Å². The van der Waals surface area contributed by atoms with Gasteiger partial charge in [0.25, 0.3) is 0 Å². The van der Waals surface area contributed by atoms with Crippen LogP contribution >= 0.6 is 0 Å². The van der Waals surface area contributed by atoms with Crippen molar-refractivity contribution >= 4 is 13.0 Å². The van der Waals surface area contributed by atoms with Crippen LogP contribution in [-0.4, -0.2) is 40.0 Å². The molecule has 0 unspecified atom stereocenters. The lowest BCUT2D eigenvalue weighted by Crippen LogP contribution is -2.54. The third-order valence-corrected chi connectivity index (χ3v) is 6.45. The van der Waals surface area contributed by atoms with Gasteiger partial charge in [0.2, 0.25) is 11.8 Å². The van der Waals surface area contributed by atoms with E-state index in [0.29, 0.717) is 36.9 Å². The second kappa shape index (κ2) is 12.5. The van der Waals surface area contributed by atoms with Gasteiger partial charge in [0, 0.05) is 18.3 Å². The fourth-order valence-corrected chi connectivity index (χ4v) is 4.22. The highest BCUT2D eigenvalue weighted by Crippen LogP contribution is 2.30. The highest BCUT2D eigenvalue weighted by molar-refractivity contribution is 6.43. The van der Waals surface area contributed by atoms with Gasteiger partial charge in [-0.25, -0.2) is 4.98 Å². The Kier molecular flexibility index (Phi) is 8.89. The van der Waals surface area contributed by atoms with Gasteiger partial charge in [-0.1, -0.05) is 73.9 Å². The number of amides is 1. The van der Waals surface area contributed by atoms with Gasteiger partial charge in [0.1, 0.15) is 5.75 Å². The van der Waals surface area contributed by atoms with Gasteiger partial charge < -0.3 is 25.4 Å². The van der Waals surface area contributed by atoms with Crippen molar-refractivity contribution in [2.24, 2.45) is 5.92 Å². The van der Waals surface area contributed by atoms with E-state index in [1.807, 2.05) is 72.8 Å². The molecule has 35 heavy (non-hydrogen) atoms. The second-order valence-corrected chi connectivity index (χ2v) is 9.07. The van der Waals surface area contributed by atoms with Gasteiger partial charge in [-0.15, -0.1) is 0 Å².